The molecule has 1 N–H and O–H groups in total. The van der Waals surface area contributed by atoms with E-state index >= 15 is 0 Å². The number of rotatable bonds is 6. The maximum absolute atomic E-state index is 13.3. The molecular formula is C27H30ClN5O2. The van der Waals surface area contributed by atoms with E-state index < -0.39 is 0 Å². The lowest BCUT2D eigenvalue weighted by atomic mass is 10.0. The molecule has 2 aliphatic rings. The second-order valence-electron chi connectivity index (χ2n) is 9.64. The summed E-state index contributed by atoms with van der Waals surface area (Å²) in [6.45, 7) is 7.94. The smallest absolute Gasteiger partial charge is 0.257 e. The Morgan fingerprint density at radius 2 is 1.74 bits per heavy atom. The second kappa shape index (κ2) is 9.84. The Balaban J connectivity index is 1.12. The Labute approximate surface area is 210 Å². The van der Waals surface area contributed by atoms with Crippen molar-refractivity contribution in [2.24, 2.45) is 11.8 Å². The molecule has 2 aliphatic heterocycles. The van der Waals surface area contributed by atoms with Crippen LogP contribution in [0.15, 0.2) is 54.7 Å². The summed E-state index contributed by atoms with van der Waals surface area (Å²) >= 11 is 6.15. The van der Waals surface area contributed by atoms with Crippen molar-refractivity contribution in [3.8, 4) is 5.69 Å². The van der Waals surface area contributed by atoms with Crippen molar-refractivity contribution < 1.29 is 9.59 Å². The fourth-order valence-corrected chi connectivity index (χ4v) is 5.39. The minimum Gasteiger partial charge on any atom is -0.338 e. The molecule has 5 rings (SSSR count). The van der Waals surface area contributed by atoms with Crippen molar-refractivity contribution in [3.05, 3.63) is 76.6 Å². The number of nitrogens with zero attached hydrogens (tertiary/aromatic N) is 4. The molecule has 2 aromatic carbocycles. The maximum Gasteiger partial charge on any atom is 0.257 e. The third-order valence-electron chi connectivity index (χ3n) is 7.20. The predicted octanol–water partition coefficient (Wildman–Crippen LogP) is 4.18. The monoisotopic (exact) mass is 491 g/mol. The molecule has 0 radical (unpaired) electrons. The fraction of sp³-hybridized carbons (Fsp3) is 0.370. The van der Waals surface area contributed by atoms with Crippen LogP contribution in [0.2, 0.25) is 5.02 Å². The van der Waals surface area contributed by atoms with Gasteiger partial charge in [-0.15, -0.1) is 0 Å². The number of aryl methyl sites for hydroxylation is 1. The largest absolute Gasteiger partial charge is 0.338 e. The zero-order chi connectivity index (χ0) is 24.5. The van der Waals surface area contributed by atoms with Crippen LogP contribution in [0.25, 0.3) is 5.69 Å². The molecule has 3 heterocycles. The Bertz CT molecular complexity index is 1230. The lowest BCUT2D eigenvalue weighted by Gasteiger charge is -2.21. The predicted molar refractivity (Wildman–Crippen MR) is 137 cm³/mol. The highest BCUT2D eigenvalue weighted by Gasteiger charge is 2.42. The summed E-state index contributed by atoms with van der Waals surface area (Å²) < 4.78 is 1.82. The molecule has 7 nitrogen and oxygen atoms in total. The quantitative estimate of drug-likeness (QED) is 0.561. The summed E-state index contributed by atoms with van der Waals surface area (Å²) in [5, 5.41) is 8.04. The molecule has 182 valence electrons. The molecule has 35 heavy (non-hydrogen) atoms. The molecule has 2 atom stereocenters. The van der Waals surface area contributed by atoms with Crippen LogP contribution in [0.5, 0.6) is 0 Å². The Morgan fingerprint density at radius 1 is 1.03 bits per heavy atom. The van der Waals surface area contributed by atoms with E-state index in [0.717, 1.165) is 55.4 Å². The second-order valence-corrected chi connectivity index (χ2v) is 10.1. The Kier molecular flexibility index (Phi) is 6.62. The van der Waals surface area contributed by atoms with Crippen LogP contribution < -0.4 is 5.32 Å². The van der Waals surface area contributed by atoms with E-state index in [4.69, 9.17) is 11.6 Å². The van der Waals surface area contributed by atoms with Gasteiger partial charge in [-0.1, -0.05) is 35.9 Å². The fourth-order valence-electron chi connectivity index (χ4n) is 5.21. The number of aromatic nitrogens is 2. The van der Waals surface area contributed by atoms with Crippen LogP contribution in [0.1, 0.15) is 28.0 Å². The molecule has 2 unspecified atom stereocenters. The number of para-hydroxylation sites is 1. The highest BCUT2D eigenvalue weighted by atomic mass is 35.5. The first-order valence-corrected chi connectivity index (χ1v) is 12.4. The van der Waals surface area contributed by atoms with Crippen LogP contribution in [0, 0.1) is 25.7 Å². The first kappa shape index (κ1) is 23.6. The van der Waals surface area contributed by atoms with E-state index in [1.54, 1.807) is 12.3 Å². The van der Waals surface area contributed by atoms with Crippen LogP contribution in [-0.4, -0.2) is 64.1 Å². The van der Waals surface area contributed by atoms with Gasteiger partial charge in [0.25, 0.3) is 5.91 Å². The zero-order valence-corrected chi connectivity index (χ0v) is 20.8. The van der Waals surface area contributed by atoms with Gasteiger partial charge < -0.3 is 15.1 Å². The molecule has 0 saturated carbocycles. The molecule has 2 amide bonds. The summed E-state index contributed by atoms with van der Waals surface area (Å²) in [5.74, 6) is 0.941. The van der Waals surface area contributed by atoms with E-state index in [1.807, 2.05) is 65.9 Å². The lowest BCUT2D eigenvalue weighted by molar-refractivity contribution is -0.116. The molecule has 0 bridgehead atoms. The number of hydrogen-bond donors (Lipinski definition) is 1. The summed E-state index contributed by atoms with van der Waals surface area (Å²) in [7, 11) is 0. The van der Waals surface area contributed by atoms with Gasteiger partial charge in [-0.3, -0.25) is 9.59 Å². The van der Waals surface area contributed by atoms with Crippen molar-refractivity contribution in [1.82, 2.24) is 19.6 Å². The number of carbonyl (C=O) groups is 2. The van der Waals surface area contributed by atoms with Gasteiger partial charge >= 0.3 is 0 Å². The highest BCUT2D eigenvalue weighted by molar-refractivity contribution is 6.31. The van der Waals surface area contributed by atoms with E-state index in [0.29, 0.717) is 28.8 Å². The standard InChI is InChI=1S/C27H30ClN5O2/c1-18-8-9-22(12-25(18)28)30-26(34)10-11-31-14-20-16-32(17-21(20)15-31)27(35)24-13-29-33(19(24)2)23-6-4-3-5-7-23/h3-9,12-13,20-21H,10-11,14-17H2,1-2H3,(H,30,34). The minimum absolute atomic E-state index is 0.00955. The Hall–Kier alpha value is -3.16. The van der Waals surface area contributed by atoms with Gasteiger partial charge in [0.05, 0.1) is 23.1 Å². The van der Waals surface area contributed by atoms with Crippen molar-refractivity contribution in [2.75, 3.05) is 38.0 Å². The summed E-state index contributed by atoms with van der Waals surface area (Å²) in [6.07, 6.45) is 2.12. The van der Waals surface area contributed by atoms with E-state index in [-0.39, 0.29) is 11.8 Å². The van der Waals surface area contributed by atoms with Crippen molar-refractivity contribution >= 4 is 29.1 Å². The molecular weight excluding hydrogens is 462 g/mol. The third kappa shape index (κ3) is 4.97. The van der Waals surface area contributed by atoms with Gasteiger partial charge in [-0.05, 0) is 55.5 Å². The molecule has 2 fully saturated rings. The number of likely N-dealkylation sites (tertiary alicyclic amines) is 2. The number of anilines is 1. The number of nitrogens with one attached hydrogen (secondary N) is 1. The first-order valence-electron chi connectivity index (χ1n) is 12.1. The molecule has 0 aliphatic carbocycles. The average Bonchev–Trinajstić information content (AvgIpc) is 3.53. The van der Waals surface area contributed by atoms with Gasteiger partial charge in [0.2, 0.25) is 5.91 Å². The van der Waals surface area contributed by atoms with Crippen molar-refractivity contribution in [2.45, 2.75) is 20.3 Å². The van der Waals surface area contributed by atoms with Crippen LogP contribution in [0.3, 0.4) is 0 Å². The molecule has 2 saturated heterocycles. The average molecular weight is 492 g/mol. The number of hydrogen-bond acceptors (Lipinski definition) is 4. The highest BCUT2D eigenvalue weighted by Crippen LogP contribution is 2.32. The van der Waals surface area contributed by atoms with Crippen LogP contribution >= 0.6 is 11.6 Å². The molecule has 1 aromatic heterocycles. The van der Waals surface area contributed by atoms with E-state index in [9.17, 15) is 9.59 Å². The number of fused-ring (bicyclic) bond motifs is 1. The Morgan fingerprint density at radius 3 is 2.43 bits per heavy atom. The van der Waals surface area contributed by atoms with Gasteiger partial charge in [0, 0.05) is 49.9 Å². The minimum atomic E-state index is -0.00955. The van der Waals surface area contributed by atoms with Crippen LogP contribution in [-0.2, 0) is 4.79 Å². The molecule has 3 aromatic rings. The summed E-state index contributed by atoms with van der Waals surface area (Å²) in [5.41, 5.74) is 4.19. The van der Waals surface area contributed by atoms with E-state index in [1.165, 1.54) is 0 Å². The van der Waals surface area contributed by atoms with Gasteiger partial charge in [0.1, 0.15) is 0 Å². The van der Waals surface area contributed by atoms with E-state index in [2.05, 4.69) is 15.3 Å². The lowest BCUT2D eigenvalue weighted by Crippen LogP contribution is -2.34. The SMILES string of the molecule is Cc1ccc(NC(=O)CCN2CC3CN(C(=O)c4cnn(-c5ccccc5)c4C)CC3C2)cc1Cl. The first-order chi connectivity index (χ1) is 16.9. The summed E-state index contributed by atoms with van der Waals surface area (Å²) in [4.78, 5) is 30.0. The van der Waals surface area contributed by atoms with Crippen molar-refractivity contribution in [3.63, 3.8) is 0 Å². The molecule has 0 spiro atoms. The normalized spacial score (nSPS) is 19.7. The number of amides is 2. The van der Waals surface area contributed by atoms with Crippen molar-refractivity contribution in [1.29, 1.82) is 0 Å². The zero-order valence-electron chi connectivity index (χ0n) is 20.1. The topological polar surface area (TPSA) is 70.5 Å². The number of benzene rings is 2. The number of halogens is 1. The third-order valence-corrected chi connectivity index (χ3v) is 7.61. The van der Waals surface area contributed by atoms with Gasteiger partial charge in [-0.2, -0.15) is 5.10 Å². The van der Waals surface area contributed by atoms with Gasteiger partial charge in [-0.25, -0.2) is 4.68 Å². The maximum atomic E-state index is 13.3. The molecule has 8 heteroatoms. The van der Waals surface area contributed by atoms with Gasteiger partial charge in [0.15, 0.2) is 0 Å². The van der Waals surface area contributed by atoms with Crippen LogP contribution in [0.4, 0.5) is 5.69 Å². The summed E-state index contributed by atoms with van der Waals surface area (Å²) in [6, 6.07) is 15.4. The number of carbonyl (C=O) groups excluding carboxylic acids is 2.